The van der Waals surface area contributed by atoms with E-state index in [1.807, 2.05) is 19.1 Å². The summed E-state index contributed by atoms with van der Waals surface area (Å²) in [7, 11) is 0. The van der Waals surface area contributed by atoms with E-state index >= 15 is 0 Å². The van der Waals surface area contributed by atoms with Crippen LogP contribution >= 0.6 is 34.7 Å². The van der Waals surface area contributed by atoms with Gasteiger partial charge >= 0.3 is 0 Å². The van der Waals surface area contributed by atoms with Crippen LogP contribution in [-0.2, 0) is 6.42 Å². The highest BCUT2D eigenvalue weighted by Crippen LogP contribution is 2.26. The average Bonchev–Trinajstić information content (AvgIpc) is 2.64. The minimum atomic E-state index is 0.590. The first kappa shape index (κ1) is 13.5. The van der Waals surface area contributed by atoms with Crippen molar-refractivity contribution in [1.29, 1.82) is 0 Å². The fourth-order valence-corrected chi connectivity index (χ4v) is 2.79. The summed E-state index contributed by atoms with van der Waals surface area (Å²) < 4.78 is 4.08. The van der Waals surface area contributed by atoms with Crippen LogP contribution in [0.1, 0.15) is 11.1 Å². The van der Waals surface area contributed by atoms with Gasteiger partial charge in [0.1, 0.15) is 10.8 Å². The number of benzene rings is 1. The molecule has 0 atom stereocenters. The van der Waals surface area contributed by atoms with Gasteiger partial charge in [0.15, 0.2) is 0 Å². The number of aromatic nitrogens is 1. The lowest BCUT2D eigenvalue weighted by Gasteiger charge is -2.06. The first-order valence-electron chi connectivity index (χ1n) is 5.47. The predicted octanol–water partition coefficient (Wildman–Crippen LogP) is 4.00. The standard InChI is InChI=1S/C12H13Cl2N3S/c1-7-11(15)17-18-12(7)16-5-4-8-2-3-9(13)6-10(8)14/h2-3,6,16H,4-5H2,1H3,(H2,15,17). The second kappa shape index (κ2) is 5.78. The van der Waals surface area contributed by atoms with Crippen molar-refractivity contribution in [3.05, 3.63) is 39.4 Å². The van der Waals surface area contributed by atoms with Gasteiger partial charge in [-0.25, -0.2) is 0 Å². The van der Waals surface area contributed by atoms with Crippen LogP contribution in [0.25, 0.3) is 0 Å². The van der Waals surface area contributed by atoms with Crippen LogP contribution in [0.4, 0.5) is 10.8 Å². The van der Waals surface area contributed by atoms with Crippen molar-refractivity contribution in [2.75, 3.05) is 17.6 Å². The molecule has 0 saturated heterocycles. The third-order valence-corrected chi connectivity index (χ3v) is 4.16. The predicted molar refractivity (Wildman–Crippen MR) is 79.9 cm³/mol. The maximum absolute atomic E-state index is 6.10. The van der Waals surface area contributed by atoms with Crippen molar-refractivity contribution in [1.82, 2.24) is 4.37 Å². The van der Waals surface area contributed by atoms with E-state index < -0.39 is 0 Å². The molecular weight excluding hydrogens is 289 g/mol. The molecule has 0 aliphatic rings. The summed E-state index contributed by atoms with van der Waals surface area (Å²) in [6, 6.07) is 5.55. The van der Waals surface area contributed by atoms with Crippen molar-refractivity contribution in [2.45, 2.75) is 13.3 Å². The van der Waals surface area contributed by atoms with Crippen molar-refractivity contribution in [3.63, 3.8) is 0 Å². The first-order valence-corrected chi connectivity index (χ1v) is 7.00. The van der Waals surface area contributed by atoms with E-state index in [1.165, 1.54) is 11.5 Å². The molecule has 3 N–H and O–H groups in total. The zero-order chi connectivity index (χ0) is 13.1. The second-order valence-electron chi connectivity index (χ2n) is 3.93. The molecule has 18 heavy (non-hydrogen) atoms. The van der Waals surface area contributed by atoms with Crippen LogP contribution in [0.5, 0.6) is 0 Å². The molecule has 3 nitrogen and oxygen atoms in total. The van der Waals surface area contributed by atoms with Crippen molar-refractivity contribution >= 4 is 45.6 Å². The third kappa shape index (κ3) is 3.07. The Labute approximate surface area is 120 Å². The second-order valence-corrected chi connectivity index (χ2v) is 5.55. The van der Waals surface area contributed by atoms with Gasteiger partial charge in [0, 0.05) is 22.2 Å². The molecule has 1 aromatic carbocycles. The maximum Gasteiger partial charge on any atom is 0.142 e. The van der Waals surface area contributed by atoms with E-state index in [9.17, 15) is 0 Å². The van der Waals surface area contributed by atoms with Crippen molar-refractivity contribution in [3.8, 4) is 0 Å². The van der Waals surface area contributed by atoms with E-state index in [-0.39, 0.29) is 0 Å². The highest BCUT2D eigenvalue weighted by molar-refractivity contribution is 7.10. The minimum absolute atomic E-state index is 0.590. The van der Waals surface area contributed by atoms with Crippen LogP contribution in [-0.4, -0.2) is 10.9 Å². The quantitative estimate of drug-likeness (QED) is 0.897. The van der Waals surface area contributed by atoms with E-state index in [2.05, 4.69) is 9.69 Å². The van der Waals surface area contributed by atoms with Gasteiger partial charge in [-0.15, -0.1) is 0 Å². The fourth-order valence-electron chi connectivity index (χ4n) is 1.55. The number of anilines is 2. The molecular formula is C12H13Cl2N3S. The number of hydrogen-bond acceptors (Lipinski definition) is 4. The number of nitrogen functional groups attached to an aromatic ring is 1. The lowest BCUT2D eigenvalue weighted by atomic mass is 10.1. The number of hydrogen-bond donors (Lipinski definition) is 2. The van der Waals surface area contributed by atoms with Gasteiger partial charge in [0.2, 0.25) is 0 Å². The van der Waals surface area contributed by atoms with Crippen LogP contribution in [0, 0.1) is 6.92 Å². The summed E-state index contributed by atoms with van der Waals surface area (Å²) in [5, 5.41) is 5.67. The zero-order valence-corrected chi connectivity index (χ0v) is 12.2. The van der Waals surface area contributed by atoms with E-state index in [4.69, 9.17) is 28.9 Å². The summed E-state index contributed by atoms with van der Waals surface area (Å²) in [5.74, 6) is 0.590. The summed E-state index contributed by atoms with van der Waals surface area (Å²) in [4.78, 5) is 0. The molecule has 96 valence electrons. The Kier molecular flexibility index (Phi) is 4.32. The van der Waals surface area contributed by atoms with E-state index in [0.29, 0.717) is 15.9 Å². The van der Waals surface area contributed by atoms with Crippen LogP contribution in [0.2, 0.25) is 10.0 Å². The monoisotopic (exact) mass is 301 g/mol. The Hall–Kier alpha value is -0.970. The minimum Gasteiger partial charge on any atom is -0.383 e. The molecule has 6 heteroatoms. The highest BCUT2D eigenvalue weighted by Gasteiger charge is 2.06. The number of nitrogens with one attached hydrogen (secondary N) is 1. The van der Waals surface area contributed by atoms with Crippen LogP contribution in [0.3, 0.4) is 0 Å². The first-order chi connectivity index (χ1) is 8.58. The number of rotatable bonds is 4. The SMILES string of the molecule is Cc1c(N)nsc1NCCc1ccc(Cl)cc1Cl. The largest absolute Gasteiger partial charge is 0.383 e. The van der Waals surface area contributed by atoms with E-state index in [0.717, 1.165) is 29.1 Å². The van der Waals surface area contributed by atoms with Gasteiger partial charge in [-0.3, -0.25) is 0 Å². The lowest BCUT2D eigenvalue weighted by molar-refractivity contribution is 1.02. The Morgan fingerprint density at radius 1 is 1.39 bits per heavy atom. The molecule has 0 spiro atoms. The van der Waals surface area contributed by atoms with E-state index in [1.54, 1.807) is 6.07 Å². The number of nitrogens with two attached hydrogens (primary N) is 1. The maximum atomic E-state index is 6.10. The van der Waals surface area contributed by atoms with Crippen LogP contribution < -0.4 is 11.1 Å². The lowest BCUT2D eigenvalue weighted by Crippen LogP contribution is -2.05. The average molecular weight is 302 g/mol. The molecule has 2 aromatic rings. The Morgan fingerprint density at radius 2 is 2.17 bits per heavy atom. The molecule has 0 aliphatic heterocycles. The zero-order valence-electron chi connectivity index (χ0n) is 9.84. The molecule has 0 aliphatic carbocycles. The highest BCUT2D eigenvalue weighted by atomic mass is 35.5. The summed E-state index contributed by atoms with van der Waals surface area (Å²) in [5.41, 5.74) is 7.76. The van der Waals surface area contributed by atoms with Crippen molar-refractivity contribution in [2.24, 2.45) is 0 Å². The summed E-state index contributed by atoms with van der Waals surface area (Å²) >= 11 is 13.3. The third-order valence-electron chi connectivity index (χ3n) is 2.66. The molecule has 0 fully saturated rings. The molecule has 2 rings (SSSR count). The summed E-state index contributed by atoms with van der Waals surface area (Å²) in [6.45, 7) is 2.74. The topological polar surface area (TPSA) is 50.9 Å². The van der Waals surface area contributed by atoms with Gasteiger partial charge in [0.05, 0.1) is 0 Å². The van der Waals surface area contributed by atoms with Gasteiger partial charge < -0.3 is 11.1 Å². The molecule has 0 radical (unpaired) electrons. The normalized spacial score (nSPS) is 10.6. The molecule has 1 heterocycles. The molecule has 0 unspecified atom stereocenters. The molecule has 0 amide bonds. The number of halogens is 2. The molecule has 0 bridgehead atoms. The smallest absolute Gasteiger partial charge is 0.142 e. The summed E-state index contributed by atoms with van der Waals surface area (Å²) in [6.07, 6.45) is 0.827. The Morgan fingerprint density at radius 3 is 2.78 bits per heavy atom. The van der Waals surface area contributed by atoms with Gasteiger partial charge in [-0.05, 0) is 42.6 Å². The van der Waals surface area contributed by atoms with Gasteiger partial charge in [0.25, 0.3) is 0 Å². The molecule has 1 aromatic heterocycles. The van der Waals surface area contributed by atoms with Gasteiger partial charge in [-0.2, -0.15) is 4.37 Å². The Balaban J connectivity index is 1.94. The van der Waals surface area contributed by atoms with Crippen LogP contribution in [0.15, 0.2) is 18.2 Å². The molecule has 0 saturated carbocycles. The fraction of sp³-hybridized carbons (Fsp3) is 0.250. The number of nitrogens with zero attached hydrogens (tertiary/aromatic N) is 1. The van der Waals surface area contributed by atoms with Crippen molar-refractivity contribution < 1.29 is 0 Å². The Bertz CT molecular complexity index is 554. The van der Waals surface area contributed by atoms with Gasteiger partial charge in [-0.1, -0.05) is 29.3 Å².